The average Bonchev–Trinajstić information content (AvgIpc) is 3.23. The number of ether oxygens (including phenoxy) is 2. The predicted octanol–water partition coefficient (Wildman–Crippen LogP) is 3.47. The van der Waals surface area contributed by atoms with Crippen LogP contribution in [0.1, 0.15) is 24.6 Å². The van der Waals surface area contributed by atoms with Gasteiger partial charge in [0.05, 0.1) is 19.8 Å². The van der Waals surface area contributed by atoms with Gasteiger partial charge in [-0.15, -0.1) is 0 Å². The second kappa shape index (κ2) is 7.46. The van der Waals surface area contributed by atoms with Gasteiger partial charge < -0.3 is 19.3 Å². The van der Waals surface area contributed by atoms with Gasteiger partial charge in [0.2, 0.25) is 0 Å². The number of carbonyl (C=O) groups is 2. The summed E-state index contributed by atoms with van der Waals surface area (Å²) in [5.41, 5.74) is 0.775. The van der Waals surface area contributed by atoms with Crippen molar-refractivity contribution in [1.29, 1.82) is 0 Å². The number of hydrogen-bond donors (Lipinski definition) is 1. The number of benzene rings is 2. The van der Waals surface area contributed by atoms with Crippen LogP contribution >= 0.6 is 0 Å². The van der Waals surface area contributed by atoms with E-state index < -0.39 is 11.6 Å². The molecular weight excluding hydrogens is 398 g/mol. The molecule has 2 aromatic carbocycles. The van der Waals surface area contributed by atoms with Crippen LogP contribution in [0.3, 0.4) is 0 Å². The maximum absolute atomic E-state index is 13.3. The van der Waals surface area contributed by atoms with E-state index in [1.54, 1.807) is 31.2 Å². The number of aromatic nitrogens is 1. The Morgan fingerprint density at radius 1 is 1.03 bits per heavy atom. The van der Waals surface area contributed by atoms with Gasteiger partial charge in [0.15, 0.2) is 17.3 Å². The number of fused-ring (bicyclic) bond motifs is 1. The fraction of sp³-hybridized carbons (Fsp3) is 0.261. The SMILES string of the molecule is CC1(c2ccc3c(c2)OCCCO3)NC(=O)N(Cc2cc(-c3ccccc3)on2)C1=O. The third-order valence-electron chi connectivity index (χ3n) is 5.54. The Morgan fingerprint density at radius 2 is 1.81 bits per heavy atom. The molecule has 1 fully saturated rings. The quantitative estimate of drug-likeness (QED) is 0.651. The highest BCUT2D eigenvalue weighted by atomic mass is 16.5. The molecule has 1 unspecified atom stereocenters. The lowest BCUT2D eigenvalue weighted by Gasteiger charge is -2.23. The van der Waals surface area contributed by atoms with Crippen LogP contribution in [0, 0.1) is 0 Å². The fourth-order valence-corrected chi connectivity index (χ4v) is 3.80. The maximum Gasteiger partial charge on any atom is 0.325 e. The number of amides is 3. The van der Waals surface area contributed by atoms with Crippen molar-refractivity contribution < 1.29 is 23.6 Å². The summed E-state index contributed by atoms with van der Waals surface area (Å²) >= 11 is 0. The van der Waals surface area contributed by atoms with Crippen LogP contribution in [-0.2, 0) is 16.9 Å². The summed E-state index contributed by atoms with van der Waals surface area (Å²) in [5.74, 6) is 1.42. The molecule has 1 atom stereocenters. The van der Waals surface area contributed by atoms with Crippen LogP contribution < -0.4 is 14.8 Å². The van der Waals surface area contributed by atoms with Gasteiger partial charge >= 0.3 is 6.03 Å². The molecule has 31 heavy (non-hydrogen) atoms. The van der Waals surface area contributed by atoms with E-state index in [4.69, 9.17) is 14.0 Å². The van der Waals surface area contributed by atoms with Crippen molar-refractivity contribution in [3.63, 3.8) is 0 Å². The van der Waals surface area contributed by atoms with Crippen LogP contribution in [0.5, 0.6) is 11.5 Å². The highest BCUT2D eigenvalue weighted by molar-refractivity contribution is 6.07. The molecule has 8 heteroatoms. The molecule has 158 valence electrons. The first-order valence-electron chi connectivity index (χ1n) is 10.1. The lowest BCUT2D eigenvalue weighted by Crippen LogP contribution is -2.40. The standard InChI is InChI=1S/C23H21N3O5/c1-23(16-8-9-18-20(12-16)30-11-5-10-29-18)21(27)26(22(28)24-23)14-17-13-19(31-25-17)15-6-3-2-4-7-15/h2-4,6-9,12-13H,5,10-11,14H2,1H3,(H,24,28). The normalized spacial score (nSPS) is 20.5. The zero-order valence-electron chi connectivity index (χ0n) is 17.0. The Bertz CT molecular complexity index is 1140. The molecule has 3 aromatic rings. The molecule has 0 spiro atoms. The molecule has 0 saturated carbocycles. The summed E-state index contributed by atoms with van der Waals surface area (Å²) in [7, 11) is 0. The summed E-state index contributed by atoms with van der Waals surface area (Å²) in [6.07, 6.45) is 0.785. The molecule has 1 N–H and O–H groups in total. The third-order valence-corrected chi connectivity index (χ3v) is 5.54. The number of carbonyl (C=O) groups excluding carboxylic acids is 2. The van der Waals surface area contributed by atoms with Gasteiger partial charge in [-0.05, 0) is 24.6 Å². The molecule has 2 aliphatic rings. The minimum Gasteiger partial charge on any atom is -0.490 e. The van der Waals surface area contributed by atoms with Crippen molar-refractivity contribution in [2.75, 3.05) is 13.2 Å². The van der Waals surface area contributed by atoms with Crippen LogP contribution in [0.2, 0.25) is 0 Å². The molecule has 1 saturated heterocycles. The van der Waals surface area contributed by atoms with Crippen LogP contribution in [0.4, 0.5) is 4.79 Å². The van der Waals surface area contributed by atoms with Crippen LogP contribution in [-0.4, -0.2) is 35.2 Å². The Kier molecular flexibility index (Phi) is 4.62. The van der Waals surface area contributed by atoms with E-state index in [-0.39, 0.29) is 12.5 Å². The van der Waals surface area contributed by atoms with E-state index in [9.17, 15) is 9.59 Å². The summed E-state index contributed by atoms with van der Waals surface area (Å²) in [4.78, 5) is 27.1. The van der Waals surface area contributed by atoms with Crippen molar-refractivity contribution in [3.8, 4) is 22.8 Å². The molecule has 0 bridgehead atoms. The first-order chi connectivity index (χ1) is 15.0. The molecule has 2 aliphatic heterocycles. The molecule has 5 rings (SSSR count). The van der Waals surface area contributed by atoms with E-state index in [0.29, 0.717) is 41.7 Å². The van der Waals surface area contributed by atoms with E-state index in [1.807, 2.05) is 30.3 Å². The van der Waals surface area contributed by atoms with Crippen molar-refractivity contribution >= 4 is 11.9 Å². The van der Waals surface area contributed by atoms with E-state index in [1.165, 1.54) is 0 Å². The Balaban J connectivity index is 1.38. The first kappa shape index (κ1) is 19.2. The second-order valence-electron chi connectivity index (χ2n) is 7.71. The van der Waals surface area contributed by atoms with Gasteiger partial charge in [0.25, 0.3) is 5.91 Å². The average molecular weight is 419 g/mol. The lowest BCUT2D eigenvalue weighted by atomic mass is 9.91. The second-order valence-corrected chi connectivity index (χ2v) is 7.71. The van der Waals surface area contributed by atoms with E-state index in [2.05, 4.69) is 10.5 Å². The van der Waals surface area contributed by atoms with Gasteiger partial charge in [-0.2, -0.15) is 0 Å². The monoisotopic (exact) mass is 419 g/mol. The number of imide groups is 1. The smallest absolute Gasteiger partial charge is 0.325 e. The predicted molar refractivity (Wildman–Crippen MR) is 110 cm³/mol. The van der Waals surface area contributed by atoms with E-state index >= 15 is 0 Å². The van der Waals surface area contributed by atoms with Crippen molar-refractivity contribution in [2.24, 2.45) is 0 Å². The van der Waals surface area contributed by atoms with Crippen LogP contribution in [0.15, 0.2) is 59.1 Å². The largest absolute Gasteiger partial charge is 0.490 e. The highest BCUT2D eigenvalue weighted by Crippen LogP contribution is 2.37. The highest BCUT2D eigenvalue weighted by Gasteiger charge is 2.49. The van der Waals surface area contributed by atoms with Gasteiger partial charge in [-0.3, -0.25) is 9.69 Å². The van der Waals surface area contributed by atoms with Gasteiger partial charge in [0, 0.05) is 18.1 Å². The van der Waals surface area contributed by atoms with Crippen LogP contribution in [0.25, 0.3) is 11.3 Å². The van der Waals surface area contributed by atoms with Crippen molar-refractivity contribution in [1.82, 2.24) is 15.4 Å². The van der Waals surface area contributed by atoms with Gasteiger partial charge in [-0.25, -0.2) is 4.79 Å². The molecule has 3 amide bonds. The summed E-state index contributed by atoms with van der Waals surface area (Å²) in [5, 5.41) is 6.84. The molecule has 0 radical (unpaired) electrons. The number of nitrogens with one attached hydrogen (secondary N) is 1. The Labute approximate surface area is 178 Å². The minimum atomic E-state index is -1.21. The third kappa shape index (κ3) is 3.39. The lowest BCUT2D eigenvalue weighted by molar-refractivity contribution is -0.131. The van der Waals surface area contributed by atoms with Crippen molar-refractivity contribution in [3.05, 3.63) is 65.9 Å². The van der Waals surface area contributed by atoms with Gasteiger partial charge in [0.1, 0.15) is 11.2 Å². The summed E-state index contributed by atoms with van der Waals surface area (Å²) < 4.78 is 16.8. The Morgan fingerprint density at radius 3 is 2.61 bits per heavy atom. The zero-order valence-corrected chi connectivity index (χ0v) is 17.0. The molecule has 1 aromatic heterocycles. The zero-order chi connectivity index (χ0) is 21.4. The number of nitrogens with zero attached hydrogens (tertiary/aromatic N) is 2. The summed E-state index contributed by atoms with van der Waals surface area (Å²) in [6, 6.07) is 16.1. The first-order valence-corrected chi connectivity index (χ1v) is 10.1. The minimum absolute atomic E-state index is 0.0150. The summed E-state index contributed by atoms with van der Waals surface area (Å²) in [6.45, 7) is 2.82. The molecular formula is C23H21N3O5. The number of rotatable bonds is 4. The fourth-order valence-electron chi connectivity index (χ4n) is 3.80. The molecule has 8 nitrogen and oxygen atoms in total. The maximum atomic E-state index is 13.3. The molecule has 0 aliphatic carbocycles. The van der Waals surface area contributed by atoms with E-state index in [0.717, 1.165) is 16.9 Å². The topological polar surface area (TPSA) is 93.9 Å². The van der Waals surface area contributed by atoms with Gasteiger partial charge in [-0.1, -0.05) is 41.6 Å². The number of hydrogen-bond acceptors (Lipinski definition) is 6. The number of urea groups is 1. The Hall–Kier alpha value is -3.81. The molecule has 3 heterocycles. The van der Waals surface area contributed by atoms with Crippen molar-refractivity contribution in [2.45, 2.75) is 25.4 Å².